The summed E-state index contributed by atoms with van der Waals surface area (Å²) in [4.78, 5) is 24.5. The van der Waals surface area contributed by atoms with Crippen molar-refractivity contribution in [2.75, 3.05) is 12.5 Å². The maximum atomic E-state index is 12.8. The van der Waals surface area contributed by atoms with Crippen LogP contribution in [0.15, 0.2) is 0 Å². The summed E-state index contributed by atoms with van der Waals surface area (Å²) in [6.45, 7) is 6.55. The highest BCUT2D eigenvalue weighted by molar-refractivity contribution is 8.50. The molecule has 0 heterocycles. The minimum absolute atomic E-state index is 0.0934. The van der Waals surface area contributed by atoms with Crippen LogP contribution < -0.4 is 0 Å². The van der Waals surface area contributed by atoms with Crippen molar-refractivity contribution in [2.24, 2.45) is 5.41 Å². The van der Waals surface area contributed by atoms with Crippen molar-refractivity contribution < 1.29 is 9.59 Å². The number of carbonyl (C=O) groups is 2. The van der Waals surface area contributed by atoms with Gasteiger partial charge in [-0.2, -0.15) is 3.71 Å². The summed E-state index contributed by atoms with van der Waals surface area (Å²) in [5, 5.41) is 0. The Bertz CT molecular complexity index is 500. The molecule has 0 N–H and O–H groups in total. The SMILES string of the molecule is CCCC(CCC)(CCC)CC(=O)CC(C=O)N(S(C)=S)S(C)=S=S. The van der Waals surface area contributed by atoms with E-state index in [9.17, 15) is 9.59 Å². The van der Waals surface area contributed by atoms with Crippen LogP contribution >= 0.6 is 0 Å². The first kappa shape index (κ1) is 25.7. The van der Waals surface area contributed by atoms with Crippen LogP contribution in [0.5, 0.6) is 0 Å². The molecule has 8 heteroatoms. The predicted octanol–water partition coefficient (Wildman–Crippen LogP) is 3.84. The molecular formula is C17H33NO2S5. The first-order valence-corrected chi connectivity index (χ1v) is 15.2. The molecule has 0 spiro atoms. The molecule has 0 radical (unpaired) electrons. The van der Waals surface area contributed by atoms with E-state index in [0.717, 1.165) is 44.8 Å². The zero-order chi connectivity index (χ0) is 19.5. The molecule has 0 fully saturated rings. The van der Waals surface area contributed by atoms with Crippen molar-refractivity contribution in [3.8, 4) is 0 Å². The third-order valence-electron chi connectivity index (χ3n) is 4.38. The van der Waals surface area contributed by atoms with Crippen LogP contribution in [0.3, 0.4) is 0 Å². The van der Waals surface area contributed by atoms with Gasteiger partial charge in [-0.15, -0.1) is 0 Å². The number of Topliss-reactive ketones (excluding diaryl/α,β-unsaturated/α-hetero) is 1. The summed E-state index contributed by atoms with van der Waals surface area (Å²) >= 11 is 10.5. The van der Waals surface area contributed by atoms with Gasteiger partial charge in [0.1, 0.15) is 12.1 Å². The molecule has 25 heavy (non-hydrogen) atoms. The lowest BCUT2D eigenvalue weighted by Crippen LogP contribution is -2.40. The van der Waals surface area contributed by atoms with E-state index < -0.39 is 15.7 Å². The second-order valence-electron chi connectivity index (χ2n) is 6.57. The molecule has 0 aliphatic heterocycles. The molecule has 0 bridgehead atoms. The van der Waals surface area contributed by atoms with Gasteiger partial charge in [-0.1, -0.05) is 40.0 Å². The Labute approximate surface area is 171 Å². The van der Waals surface area contributed by atoms with E-state index in [0.29, 0.717) is 6.42 Å². The highest BCUT2D eigenvalue weighted by Crippen LogP contribution is 2.39. The number of hydrogen-bond donors (Lipinski definition) is 0. The zero-order valence-electron chi connectivity index (χ0n) is 16.1. The maximum Gasteiger partial charge on any atom is 0.139 e. The van der Waals surface area contributed by atoms with Crippen LogP contribution in [0.2, 0.25) is 0 Å². The van der Waals surface area contributed by atoms with Crippen molar-refractivity contribution in [2.45, 2.75) is 78.2 Å². The van der Waals surface area contributed by atoms with Gasteiger partial charge in [0.05, 0.1) is 6.04 Å². The normalized spacial score (nSPS) is 15.6. The van der Waals surface area contributed by atoms with Gasteiger partial charge in [0.15, 0.2) is 0 Å². The van der Waals surface area contributed by atoms with Crippen LogP contribution in [-0.4, -0.2) is 34.3 Å². The predicted molar refractivity (Wildman–Crippen MR) is 122 cm³/mol. The van der Waals surface area contributed by atoms with E-state index in [1.807, 2.05) is 16.2 Å². The van der Waals surface area contributed by atoms with Crippen molar-refractivity contribution in [3.05, 3.63) is 0 Å². The van der Waals surface area contributed by atoms with Crippen LogP contribution in [-0.2, 0) is 60.1 Å². The maximum absolute atomic E-state index is 12.8. The lowest BCUT2D eigenvalue weighted by Gasteiger charge is -2.34. The first-order chi connectivity index (χ1) is 11.8. The Morgan fingerprint density at radius 1 is 1.16 bits per heavy atom. The van der Waals surface area contributed by atoms with E-state index in [4.69, 9.17) is 22.4 Å². The van der Waals surface area contributed by atoms with Crippen molar-refractivity contribution >= 4 is 62.6 Å². The van der Waals surface area contributed by atoms with Crippen LogP contribution in [0, 0.1) is 5.41 Å². The second kappa shape index (κ2) is 13.8. The monoisotopic (exact) mass is 443 g/mol. The Kier molecular flexibility index (Phi) is 14.1. The van der Waals surface area contributed by atoms with Crippen molar-refractivity contribution in [3.63, 3.8) is 0 Å². The molecular weight excluding hydrogens is 411 g/mol. The van der Waals surface area contributed by atoms with Gasteiger partial charge in [-0.05, 0) is 75.2 Å². The first-order valence-electron chi connectivity index (χ1n) is 8.86. The number of rotatable bonds is 14. The fraction of sp³-hybridized carbons (Fsp3) is 0.882. The molecule has 0 amide bonds. The Morgan fingerprint density at radius 3 is 1.96 bits per heavy atom. The lowest BCUT2D eigenvalue weighted by molar-refractivity contribution is -0.124. The minimum atomic E-state index is -0.505. The van der Waals surface area contributed by atoms with Crippen molar-refractivity contribution in [1.82, 2.24) is 3.71 Å². The molecule has 3 atom stereocenters. The number of aldehydes is 1. The summed E-state index contributed by atoms with van der Waals surface area (Å²) in [7, 11) is 0.437. The lowest BCUT2D eigenvalue weighted by atomic mass is 9.71. The highest BCUT2D eigenvalue weighted by Gasteiger charge is 2.32. The summed E-state index contributed by atoms with van der Waals surface area (Å²) in [6, 6.07) is -0.454. The average Bonchev–Trinajstić information content (AvgIpc) is 2.54. The minimum Gasteiger partial charge on any atom is -0.302 e. The third-order valence-corrected chi connectivity index (χ3v) is 11.4. The van der Waals surface area contributed by atoms with Crippen LogP contribution in [0.25, 0.3) is 0 Å². The fourth-order valence-electron chi connectivity index (χ4n) is 3.69. The molecule has 0 saturated carbocycles. The largest absolute Gasteiger partial charge is 0.302 e. The van der Waals surface area contributed by atoms with E-state index in [-0.39, 0.29) is 27.3 Å². The highest BCUT2D eigenvalue weighted by atomic mass is 33.1. The zero-order valence-corrected chi connectivity index (χ0v) is 20.2. The number of nitrogens with zero attached hydrogens (tertiary/aromatic N) is 1. The summed E-state index contributed by atoms with van der Waals surface area (Å²) < 4.78 is 1.94. The van der Waals surface area contributed by atoms with E-state index >= 15 is 0 Å². The van der Waals surface area contributed by atoms with Gasteiger partial charge >= 0.3 is 0 Å². The molecule has 3 nitrogen and oxygen atoms in total. The average molecular weight is 444 g/mol. The summed E-state index contributed by atoms with van der Waals surface area (Å²) in [6.07, 6.45) is 12.1. The number of ketones is 1. The second-order valence-corrected chi connectivity index (χ2v) is 14.0. The van der Waals surface area contributed by atoms with Crippen LogP contribution in [0.1, 0.15) is 72.1 Å². The van der Waals surface area contributed by atoms with E-state index in [1.165, 1.54) is 8.88 Å². The molecule has 0 aliphatic rings. The molecule has 0 aromatic rings. The van der Waals surface area contributed by atoms with E-state index in [2.05, 4.69) is 20.8 Å². The van der Waals surface area contributed by atoms with Gasteiger partial charge in [0.25, 0.3) is 0 Å². The molecule has 0 aromatic carbocycles. The molecule has 3 unspecified atom stereocenters. The fourth-order valence-corrected chi connectivity index (χ4v) is 9.98. The smallest absolute Gasteiger partial charge is 0.139 e. The summed E-state index contributed by atoms with van der Waals surface area (Å²) in [5.74, 6) is 0.185. The molecule has 0 aromatic heterocycles. The standard InChI is InChI=1S/C17H33NO2S5/c1-6-9-17(10-7-2,11-8-3)13-16(20)12-15(14-19)18(24(4)22)25(5)23-21/h14-15H,6-13H2,1-5H3. The van der Waals surface area contributed by atoms with Gasteiger partial charge in [0.2, 0.25) is 0 Å². The Morgan fingerprint density at radius 2 is 1.64 bits per heavy atom. The van der Waals surface area contributed by atoms with Gasteiger partial charge in [-0.25, -0.2) is 0 Å². The molecule has 0 rings (SSSR count). The Hall–Kier alpha value is 0.660. The van der Waals surface area contributed by atoms with Crippen LogP contribution in [0.4, 0.5) is 0 Å². The number of hydrogen-bond acceptors (Lipinski definition) is 4. The van der Waals surface area contributed by atoms with Gasteiger partial charge in [0, 0.05) is 25.4 Å². The quantitative estimate of drug-likeness (QED) is 0.381. The van der Waals surface area contributed by atoms with Crippen molar-refractivity contribution in [1.29, 1.82) is 0 Å². The summed E-state index contributed by atoms with van der Waals surface area (Å²) in [5.41, 5.74) is 0.0934. The molecule has 0 saturated heterocycles. The van der Waals surface area contributed by atoms with Gasteiger partial charge < -0.3 is 4.79 Å². The number of carbonyl (C=O) groups excluding carboxylic acids is 2. The third kappa shape index (κ3) is 8.93. The molecule has 0 aliphatic carbocycles. The molecule has 148 valence electrons. The Balaban J connectivity index is 5.32. The van der Waals surface area contributed by atoms with E-state index in [1.54, 1.807) is 0 Å². The topological polar surface area (TPSA) is 37.4 Å². The van der Waals surface area contributed by atoms with Gasteiger partial charge in [-0.3, -0.25) is 4.79 Å².